The molecule has 0 aliphatic heterocycles. The maximum absolute atomic E-state index is 11.0. The zero-order chi connectivity index (χ0) is 105. The van der Waals surface area contributed by atoms with Gasteiger partial charge < -0.3 is 30.3 Å². The SMILES string of the molecule is CC(C)(C)[CH]=[Mo]=[N]C12CC3CC(CC(C3)C1)C2.CC(C)c1cccc(C(C)C)c1[N]=[Mo]=[CH]C(C)(C)C.Cc1c(Br)cc2c(c1-c1c(O)c(Br)cc3c1CCCC3)CCCC2.Cc1c(Br)cc2c(c1-c1c(O)c(Br)cc3c1CCCC3)CCCC2.Cc1c(Br)cc2c(c1-c1c(O)c(Br)cc3c1CCCC3)CCCC2.Cc1ccc(C)[n-]1.Cc1ccc(C)[n-]1.Cc1ccc(C)[n-]1.Cc1cccc(C)c1[N]=[Mo]=[CH]C(C)(C)C. The van der Waals surface area contributed by atoms with Crippen LogP contribution in [0.3, 0.4) is 0 Å². The van der Waals surface area contributed by atoms with Crippen LogP contribution in [0, 0.1) is 110 Å². The maximum atomic E-state index is 11.0. The van der Waals surface area contributed by atoms with E-state index in [0.717, 1.165) is 159 Å². The third-order valence-electron chi connectivity index (χ3n) is 29.3. The number of benzene rings is 8. The van der Waals surface area contributed by atoms with Gasteiger partial charge in [0.05, 0.1) is 13.4 Å². The van der Waals surface area contributed by atoms with Crippen LogP contribution in [-0.4, -0.2) is 34.1 Å². The summed E-state index contributed by atoms with van der Waals surface area (Å²) in [7, 11) is 0. The van der Waals surface area contributed by atoms with E-state index in [1.165, 1.54) is 263 Å². The predicted octanol–water partition coefficient (Wildman–Crippen LogP) is 37.5. The molecule has 3 aromatic heterocycles. The summed E-state index contributed by atoms with van der Waals surface area (Å²) in [5, 5.41) is 32.9. The van der Waals surface area contributed by atoms with Gasteiger partial charge in [0, 0.05) is 30.1 Å². The Kier molecular flexibility index (Phi) is 43.7. The van der Waals surface area contributed by atoms with Crippen LogP contribution in [0.2, 0.25) is 0 Å². The van der Waals surface area contributed by atoms with Gasteiger partial charge in [0.2, 0.25) is 0 Å². The van der Waals surface area contributed by atoms with E-state index in [0.29, 0.717) is 45.5 Å². The van der Waals surface area contributed by atoms with Gasteiger partial charge in [-0.3, -0.25) is 0 Å². The van der Waals surface area contributed by atoms with Crippen LogP contribution >= 0.6 is 95.6 Å². The molecule has 0 unspecified atom stereocenters. The van der Waals surface area contributed by atoms with Gasteiger partial charge >= 0.3 is 341 Å². The van der Waals surface area contributed by atoms with E-state index in [9.17, 15) is 15.3 Å². The van der Waals surface area contributed by atoms with E-state index >= 15 is 0 Å². The van der Waals surface area contributed by atoms with Crippen LogP contribution in [0.5, 0.6) is 17.2 Å². The Hall–Kier alpha value is -5.05. The van der Waals surface area contributed by atoms with Gasteiger partial charge in [-0.05, 0) is 359 Å². The molecule has 3 N–H and O–H groups in total. The fraction of sp³-hybridized carbons (Fsp3) is 0.500. The number of hydrogen-bond donors (Lipinski definition) is 3. The second-order valence-corrected chi connectivity index (χ2v) is 55.9. The van der Waals surface area contributed by atoms with Gasteiger partial charge in [0.1, 0.15) is 17.2 Å². The van der Waals surface area contributed by atoms with Crippen molar-refractivity contribution in [2.24, 2.45) is 44.5 Å². The number of aromatic nitrogens is 3. The number of phenols is 3. The van der Waals surface area contributed by atoms with Crippen molar-refractivity contribution >= 4 is 120 Å². The molecule has 4 fully saturated rings. The molecule has 18 heteroatoms. The molecule has 8 aromatic carbocycles. The fourth-order valence-corrected chi connectivity index (χ4v) is 31.0. The predicted molar refractivity (Wildman–Crippen MR) is 623 cm³/mol. The molecule has 21 rings (SSSR count). The second-order valence-electron chi connectivity index (χ2n) is 46.1. The molecule has 0 atom stereocenters. The standard InChI is InChI=1S/3C21H22Br2O.C12H17N.C10H15N.C8H9N.3C6H8N.3C5H10.3Mo/c3*1-12-17(22)10-13-6-2-4-8-15(13)19(12)20-16-9-5-3-7-14(16)11-18(23)21(20)24;1-8(2)10-6-5-7-11(9(3)4)12(10)13;11-10-4-7-1-8(5-10)3-9(2-7)6-10;1-6-4-3-5-7(2)8(6)9;3*1-5-3-4-6(2)7-5;3*1-5(2,3)4;;;/h3*10-11,24H,2-9H2,1H3;5-9H,1-4H3;7-9H,1-6H2;3-5H,1-2H3;3*3-4H,1-2H3;3*1H,2-4H3;;;/q;;;;;;3*-1;;;;;;. The topological polar surface area (TPSA) is 140 Å². The van der Waals surface area contributed by atoms with Crippen LogP contribution in [0.1, 0.15) is 357 Å². The van der Waals surface area contributed by atoms with Crippen LogP contribution in [0.15, 0.2) is 147 Å². The van der Waals surface area contributed by atoms with E-state index in [1.54, 1.807) is 0 Å². The average molecular weight is 2570 g/mol. The zero-order valence-corrected chi connectivity index (χ0v) is 106. The molecule has 3 heterocycles. The number of aromatic hydroxyl groups is 3. The molecule has 9 nitrogen and oxygen atoms in total. The third-order valence-corrected chi connectivity index (χ3v) is 42.2. The summed E-state index contributed by atoms with van der Waals surface area (Å²) in [6.45, 7) is 52.2. The number of fused-ring (bicyclic) bond motifs is 6. The van der Waals surface area contributed by atoms with E-state index in [4.69, 9.17) is 10.5 Å². The number of phenolic OH excluding ortho intramolecular Hbond substituents is 3. The van der Waals surface area contributed by atoms with E-state index < -0.39 is 17.9 Å². The first kappa shape index (κ1) is 118. The van der Waals surface area contributed by atoms with Gasteiger partial charge in [-0.1, -0.05) is 126 Å². The molecule has 0 amide bonds. The Labute approximate surface area is 941 Å². The van der Waals surface area contributed by atoms with Gasteiger partial charge in [0.25, 0.3) is 0 Å². The average Bonchev–Trinajstić information content (AvgIpc) is 0.814. The first-order valence-electron chi connectivity index (χ1n) is 53.2. The van der Waals surface area contributed by atoms with Gasteiger partial charge in [-0.15, -0.1) is 0 Å². The molecule has 10 aliphatic carbocycles. The number of halogens is 6. The minimum atomic E-state index is -0.415. The Bertz CT molecular complexity index is 5790. The molecule has 0 spiro atoms. The van der Waals surface area contributed by atoms with Crippen molar-refractivity contribution in [2.75, 3.05) is 0 Å². The number of nitrogens with zero attached hydrogens (tertiary/aromatic N) is 6. The van der Waals surface area contributed by atoms with E-state index in [-0.39, 0.29) is 41.3 Å². The quantitative estimate of drug-likeness (QED) is 0.129. The summed E-state index contributed by atoms with van der Waals surface area (Å²) in [6, 6.07) is 38.4. The van der Waals surface area contributed by atoms with Gasteiger partial charge in [-0.25, -0.2) is 0 Å². The van der Waals surface area contributed by atoms with E-state index in [1.807, 2.05) is 77.9 Å². The van der Waals surface area contributed by atoms with Crippen LogP contribution < -0.4 is 15.0 Å². The molecule has 144 heavy (non-hydrogen) atoms. The fourth-order valence-electron chi connectivity index (χ4n) is 22.6. The second kappa shape index (κ2) is 53.5. The van der Waals surface area contributed by atoms with E-state index in [2.05, 4.69) is 321 Å². The molecular weight excluding hydrogens is 2410 g/mol. The van der Waals surface area contributed by atoms with Gasteiger partial charge in [0.15, 0.2) is 0 Å². The molecule has 0 saturated heterocycles. The molecule has 4 bridgehead atoms. The van der Waals surface area contributed by atoms with Crippen molar-refractivity contribution < 1.29 is 69.1 Å². The van der Waals surface area contributed by atoms with Crippen molar-refractivity contribution in [2.45, 2.75) is 376 Å². The molecule has 11 aromatic rings. The van der Waals surface area contributed by atoms with Crippen molar-refractivity contribution in [3.63, 3.8) is 0 Å². The van der Waals surface area contributed by atoms with Crippen molar-refractivity contribution in [1.29, 1.82) is 0 Å². The summed E-state index contributed by atoms with van der Waals surface area (Å²) in [5.41, 5.74) is 44.0. The number of aryl methyl sites for hydroxylation is 14. The Morgan fingerprint density at radius 1 is 0.312 bits per heavy atom. The summed E-state index contributed by atoms with van der Waals surface area (Å²) in [4.78, 5) is 12.3. The van der Waals surface area contributed by atoms with Crippen molar-refractivity contribution in [1.82, 2.24) is 15.0 Å². The zero-order valence-electron chi connectivity index (χ0n) is 90.7. The number of rotatable bonds is 8. The van der Waals surface area contributed by atoms with Crippen LogP contribution in [-0.2, 0) is 131 Å². The minimum absolute atomic E-state index is 0.214. The molecule has 4 saturated carbocycles. The van der Waals surface area contributed by atoms with Crippen LogP contribution in [0.25, 0.3) is 33.4 Å². The molecule has 0 radical (unpaired) electrons. The van der Waals surface area contributed by atoms with Crippen LogP contribution in [0.4, 0.5) is 11.4 Å². The normalized spacial score (nSPS) is 17.5. The monoisotopic (exact) mass is 2570 g/mol. The molecule has 776 valence electrons. The molecule has 10 aliphatic rings. The van der Waals surface area contributed by atoms with Crippen molar-refractivity contribution in [3.05, 3.63) is 276 Å². The summed E-state index contributed by atoms with van der Waals surface area (Å²) >= 11 is 21.1. The first-order chi connectivity index (χ1) is 68.2. The summed E-state index contributed by atoms with van der Waals surface area (Å²) in [6.07, 6.45) is 37.3. The number of hydrogen-bond acceptors (Lipinski definition) is 6. The Morgan fingerprint density at radius 3 is 0.785 bits per heavy atom. The molecular formula is C126H161Br6Mo3N6O3-3. The summed E-state index contributed by atoms with van der Waals surface area (Å²) < 4.78 is 28.4. The van der Waals surface area contributed by atoms with Crippen molar-refractivity contribution in [3.8, 4) is 50.6 Å². The first-order valence-corrected chi connectivity index (χ1v) is 64.2. The Balaban J connectivity index is 0.000000149. The van der Waals surface area contributed by atoms with Gasteiger partial charge in [-0.2, -0.15) is 34.2 Å². The Morgan fingerprint density at radius 2 is 0.542 bits per heavy atom. The summed E-state index contributed by atoms with van der Waals surface area (Å²) in [5.74, 6) is 5.49. The third kappa shape index (κ3) is 32.1.